The third-order valence-corrected chi connectivity index (χ3v) is 7.12. The Morgan fingerprint density at radius 1 is 1.24 bits per heavy atom. The molecule has 2 aromatic rings. The van der Waals surface area contributed by atoms with Gasteiger partial charge in [0.15, 0.2) is 0 Å². The minimum atomic E-state index is -0.941. The number of imide groups is 1. The number of hydrogen-bond acceptors (Lipinski definition) is 4. The molecule has 1 aromatic heterocycles. The van der Waals surface area contributed by atoms with Crippen LogP contribution in [0.25, 0.3) is 0 Å². The zero-order chi connectivity index (χ0) is 24.0. The van der Waals surface area contributed by atoms with Crippen LogP contribution >= 0.6 is 23.2 Å². The fourth-order valence-electron chi connectivity index (χ4n) is 5.37. The predicted molar refractivity (Wildman–Crippen MR) is 126 cm³/mol. The van der Waals surface area contributed by atoms with Gasteiger partial charge in [0.1, 0.15) is 17.9 Å². The number of rotatable bonds is 5. The van der Waals surface area contributed by atoms with Crippen molar-refractivity contribution < 1.29 is 14.4 Å². The second-order valence-electron chi connectivity index (χ2n) is 9.89. The van der Waals surface area contributed by atoms with E-state index >= 15 is 0 Å². The molecule has 1 aliphatic carbocycles. The van der Waals surface area contributed by atoms with Crippen molar-refractivity contribution in [1.29, 1.82) is 0 Å². The van der Waals surface area contributed by atoms with Gasteiger partial charge in [-0.15, -0.1) is 0 Å². The SMILES string of the molecule is CC1CC(C)(C)CC2(C1)NC(=O)N(CC(=O)Nc1ccnn1Cc1cccc(Cl)c1Cl)C2=O. The second kappa shape index (κ2) is 8.65. The molecule has 1 aliphatic heterocycles. The van der Waals surface area contributed by atoms with Crippen molar-refractivity contribution >= 4 is 46.9 Å². The number of halogens is 2. The smallest absolute Gasteiger partial charge is 0.323 e. The van der Waals surface area contributed by atoms with Crippen molar-refractivity contribution in [3.63, 3.8) is 0 Å². The standard InChI is InChI=1S/C23H27Cl2N5O3/c1-14-9-22(2,3)13-23(10-14)20(32)29(21(33)28-23)12-18(31)27-17-7-8-26-30(17)11-15-5-4-6-16(24)19(15)25/h4-8,14H,9-13H2,1-3H3,(H,27,31)(H,28,33). The number of nitrogens with one attached hydrogen (secondary N) is 2. The summed E-state index contributed by atoms with van der Waals surface area (Å²) in [6, 6.07) is 6.40. The molecule has 2 heterocycles. The number of amides is 4. The van der Waals surface area contributed by atoms with Crippen molar-refractivity contribution in [1.82, 2.24) is 20.0 Å². The molecule has 8 nitrogen and oxygen atoms in total. The van der Waals surface area contributed by atoms with Gasteiger partial charge < -0.3 is 10.6 Å². The molecule has 4 amide bonds. The van der Waals surface area contributed by atoms with Crippen molar-refractivity contribution in [2.45, 2.75) is 52.1 Å². The summed E-state index contributed by atoms with van der Waals surface area (Å²) in [6.45, 7) is 6.22. The molecular formula is C23H27Cl2N5O3. The first-order valence-corrected chi connectivity index (χ1v) is 11.6. The van der Waals surface area contributed by atoms with Crippen LogP contribution < -0.4 is 10.6 Å². The van der Waals surface area contributed by atoms with Gasteiger partial charge in [-0.3, -0.25) is 14.5 Å². The maximum atomic E-state index is 13.3. The van der Waals surface area contributed by atoms with Gasteiger partial charge in [-0.25, -0.2) is 9.48 Å². The molecule has 10 heteroatoms. The van der Waals surface area contributed by atoms with E-state index in [9.17, 15) is 14.4 Å². The molecule has 2 N–H and O–H groups in total. The topological polar surface area (TPSA) is 96.3 Å². The first-order valence-electron chi connectivity index (χ1n) is 10.9. The summed E-state index contributed by atoms with van der Waals surface area (Å²) in [5.41, 5.74) is -0.273. The molecule has 33 heavy (non-hydrogen) atoms. The Morgan fingerprint density at radius 3 is 2.73 bits per heavy atom. The minimum absolute atomic E-state index is 0.0764. The van der Waals surface area contributed by atoms with Crippen molar-refractivity contribution in [2.24, 2.45) is 11.3 Å². The average molecular weight is 492 g/mol. The zero-order valence-electron chi connectivity index (χ0n) is 18.8. The maximum Gasteiger partial charge on any atom is 0.325 e. The molecule has 1 saturated heterocycles. The van der Waals surface area contributed by atoms with E-state index < -0.39 is 17.5 Å². The van der Waals surface area contributed by atoms with Crippen LogP contribution in [-0.4, -0.2) is 44.6 Å². The molecule has 2 aliphatic rings. The molecule has 4 rings (SSSR count). The normalized spacial score (nSPS) is 24.3. The van der Waals surface area contributed by atoms with Gasteiger partial charge in [0.2, 0.25) is 5.91 Å². The highest BCUT2D eigenvalue weighted by atomic mass is 35.5. The van der Waals surface area contributed by atoms with Gasteiger partial charge in [0.25, 0.3) is 5.91 Å². The van der Waals surface area contributed by atoms with Crippen LogP contribution in [0.15, 0.2) is 30.5 Å². The molecule has 2 unspecified atom stereocenters. The molecular weight excluding hydrogens is 465 g/mol. The van der Waals surface area contributed by atoms with Gasteiger partial charge in [0, 0.05) is 6.07 Å². The Balaban J connectivity index is 1.45. The lowest BCUT2D eigenvalue weighted by Crippen LogP contribution is -2.54. The van der Waals surface area contributed by atoms with Crippen LogP contribution in [0.1, 0.15) is 45.6 Å². The fourth-order valence-corrected chi connectivity index (χ4v) is 5.75. The predicted octanol–water partition coefficient (Wildman–Crippen LogP) is 4.31. The zero-order valence-corrected chi connectivity index (χ0v) is 20.3. The van der Waals surface area contributed by atoms with E-state index in [2.05, 4.69) is 36.5 Å². The number of carbonyl (C=O) groups is 3. The van der Waals surface area contributed by atoms with Crippen LogP contribution in [0.4, 0.5) is 10.6 Å². The molecule has 2 fully saturated rings. The number of aromatic nitrogens is 2. The number of nitrogens with zero attached hydrogens (tertiary/aromatic N) is 3. The van der Waals surface area contributed by atoms with Crippen molar-refractivity contribution in [3.05, 3.63) is 46.1 Å². The maximum absolute atomic E-state index is 13.3. The lowest BCUT2D eigenvalue weighted by molar-refractivity contribution is -0.136. The van der Waals surface area contributed by atoms with E-state index in [1.165, 1.54) is 0 Å². The lowest BCUT2D eigenvalue weighted by Gasteiger charge is -2.43. The molecule has 0 bridgehead atoms. The first kappa shape index (κ1) is 23.6. The van der Waals surface area contributed by atoms with Crippen LogP contribution in [0.2, 0.25) is 10.0 Å². The summed E-state index contributed by atoms with van der Waals surface area (Å²) >= 11 is 12.3. The Labute approximate surface area is 202 Å². The Bertz CT molecular complexity index is 1120. The molecule has 1 aromatic carbocycles. The summed E-state index contributed by atoms with van der Waals surface area (Å²) in [7, 11) is 0. The first-order chi connectivity index (χ1) is 15.5. The van der Waals surface area contributed by atoms with Gasteiger partial charge in [0.05, 0.1) is 22.8 Å². The van der Waals surface area contributed by atoms with E-state index in [4.69, 9.17) is 23.2 Å². The van der Waals surface area contributed by atoms with Crippen LogP contribution in [-0.2, 0) is 16.1 Å². The van der Waals surface area contributed by atoms with Gasteiger partial charge in [-0.05, 0) is 42.2 Å². The average Bonchev–Trinajstić information content (AvgIpc) is 3.21. The molecule has 1 spiro atoms. The van der Waals surface area contributed by atoms with E-state index in [0.29, 0.717) is 41.2 Å². The van der Waals surface area contributed by atoms with Crippen LogP contribution in [0.3, 0.4) is 0 Å². The Hall–Kier alpha value is -2.58. The van der Waals surface area contributed by atoms with E-state index in [0.717, 1.165) is 16.9 Å². The van der Waals surface area contributed by atoms with Gasteiger partial charge >= 0.3 is 6.03 Å². The van der Waals surface area contributed by atoms with Crippen LogP contribution in [0.5, 0.6) is 0 Å². The van der Waals surface area contributed by atoms with Gasteiger partial charge in [-0.1, -0.05) is 56.1 Å². The lowest BCUT2D eigenvalue weighted by atomic mass is 9.64. The van der Waals surface area contributed by atoms with E-state index in [1.807, 2.05) is 6.07 Å². The van der Waals surface area contributed by atoms with Crippen molar-refractivity contribution in [3.8, 4) is 0 Å². The van der Waals surface area contributed by atoms with Crippen molar-refractivity contribution in [2.75, 3.05) is 11.9 Å². The molecule has 1 saturated carbocycles. The van der Waals surface area contributed by atoms with Gasteiger partial charge in [-0.2, -0.15) is 5.10 Å². The summed E-state index contributed by atoms with van der Waals surface area (Å²) in [4.78, 5) is 39.7. The number of carbonyl (C=O) groups excluding carboxylic acids is 3. The largest absolute Gasteiger partial charge is 0.325 e. The van der Waals surface area contributed by atoms with E-state index in [-0.39, 0.29) is 17.9 Å². The number of anilines is 1. The third-order valence-electron chi connectivity index (χ3n) is 6.26. The molecule has 2 atom stereocenters. The molecule has 176 valence electrons. The highest BCUT2D eigenvalue weighted by Gasteiger charge is 2.56. The monoisotopic (exact) mass is 491 g/mol. The fraction of sp³-hybridized carbons (Fsp3) is 0.478. The Kier molecular flexibility index (Phi) is 6.18. The number of hydrogen-bond donors (Lipinski definition) is 2. The second-order valence-corrected chi connectivity index (χ2v) is 10.7. The number of urea groups is 1. The minimum Gasteiger partial charge on any atom is -0.323 e. The summed E-state index contributed by atoms with van der Waals surface area (Å²) < 4.78 is 1.56. The highest BCUT2D eigenvalue weighted by Crippen LogP contribution is 2.46. The molecule has 0 radical (unpaired) electrons. The quantitative estimate of drug-likeness (QED) is 0.608. The Morgan fingerprint density at radius 2 is 2.00 bits per heavy atom. The van der Waals surface area contributed by atoms with E-state index in [1.54, 1.807) is 29.1 Å². The van der Waals surface area contributed by atoms with Crippen LogP contribution in [0, 0.1) is 11.3 Å². The summed E-state index contributed by atoms with van der Waals surface area (Å²) in [6.07, 6.45) is 3.66. The summed E-state index contributed by atoms with van der Waals surface area (Å²) in [5.74, 6) is -0.108. The third kappa shape index (κ3) is 4.73. The summed E-state index contributed by atoms with van der Waals surface area (Å²) in [5, 5.41) is 10.7. The number of benzene rings is 1. The highest BCUT2D eigenvalue weighted by molar-refractivity contribution is 6.42.